The molecule has 5 nitrogen and oxygen atoms in total. The summed E-state index contributed by atoms with van der Waals surface area (Å²) in [5.74, 6) is 3.25. The first-order valence-electron chi connectivity index (χ1n) is 17.8. The summed E-state index contributed by atoms with van der Waals surface area (Å²) in [6, 6.07) is 0. The van der Waals surface area contributed by atoms with E-state index >= 15 is 0 Å². The topological polar surface area (TPSA) is 61.8 Å². The highest BCUT2D eigenvalue weighted by atomic mass is 16.6. The first-order valence-corrected chi connectivity index (χ1v) is 17.8. The molecule has 0 N–H and O–H groups in total. The van der Waals surface area contributed by atoms with Gasteiger partial charge in [-0.05, 0) is 108 Å². The summed E-state index contributed by atoms with van der Waals surface area (Å²) in [6.45, 7) is 23.7. The normalized spacial score (nSPS) is 28.4. The Morgan fingerprint density at radius 3 is 1.91 bits per heavy atom. The Kier molecular flexibility index (Phi) is 10.3. The van der Waals surface area contributed by atoms with E-state index in [1.54, 1.807) is 0 Å². The zero-order chi connectivity index (χ0) is 32.7. The van der Waals surface area contributed by atoms with Crippen LogP contribution in [0, 0.1) is 49.4 Å². The molecule has 248 valence electrons. The number of esters is 2. The molecule has 2 bridgehead atoms. The molecule has 0 radical (unpaired) electrons. The minimum Gasteiger partial charge on any atom is -0.487 e. The SMILES string of the molecule is Cc1c(C)c2c(c(C)c1OC(=O)[C@@]13CC[C@@](C)(C(=O)O1)C3(C)C)CC[C@](C)(CCC[C@H](C)CCC[C@H](C)CCCC(C)C)O2. The van der Waals surface area contributed by atoms with E-state index in [9.17, 15) is 9.59 Å². The fraction of sp³-hybridized carbons (Fsp3) is 0.795. The minimum atomic E-state index is -1.24. The van der Waals surface area contributed by atoms with Crippen molar-refractivity contribution in [2.45, 2.75) is 171 Å². The lowest BCUT2D eigenvalue weighted by molar-refractivity contribution is -0.176. The molecule has 1 aliphatic carbocycles. The predicted molar refractivity (Wildman–Crippen MR) is 178 cm³/mol. The van der Waals surface area contributed by atoms with Gasteiger partial charge in [0.2, 0.25) is 5.60 Å². The van der Waals surface area contributed by atoms with Crippen molar-refractivity contribution in [2.24, 2.45) is 28.6 Å². The fourth-order valence-corrected chi connectivity index (χ4v) is 8.29. The van der Waals surface area contributed by atoms with Gasteiger partial charge in [0.15, 0.2) is 0 Å². The maximum Gasteiger partial charge on any atom is 0.356 e. The summed E-state index contributed by atoms with van der Waals surface area (Å²) in [5, 5.41) is 0. The summed E-state index contributed by atoms with van der Waals surface area (Å²) in [4.78, 5) is 26.6. The van der Waals surface area contributed by atoms with Crippen molar-refractivity contribution in [1.82, 2.24) is 0 Å². The van der Waals surface area contributed by atoms with E-state index in [1.807, 2.05) is 34.6 Å². The van der Waals surface area contributed by atoms with Crippen molar-refractivity contribution in [3.05, 3.63) is 22.3 Å². The summed E-state index contributed by atoms with van der Waals surface area (Å²) >= 11 is 0. The summed E-state index contributed by atoms with van der Waals surface area (Å²) in [6.07, 6.45) is 14.6. The highest BCUT2D eigenvalue weighted by Gasteiger charge is 2.76. The second kappa shape index (κ2) is 13.0. The van der Waals surface area contributed by atoms with Gasteiger partial charge >= 0.3 is 11.9 Å². The van der Waals surface area contributed by atoms with Crippen LogP contribution in [0.2, 0.25) is 0 Å². The molecule has 2 aliphatic heterocycles. The van der Waals surface area contributed by atoms with Crippen LogP contribution in [0.3, 0.4) is 0 Å². The van der Waals surface area contributed by atoms with Crippen LogP contribution in [-0.4, -0.2) is 23.1 Å². The van der Waals surface area contributed by atoms with Crippen LogP contribution in [-0.2, 0) is 20.7 Å². The van der Waals surface area contributed by atoms with Crippen LogP contribution < -0.4 is 9.47 Å². The molecule has 1 saturated heterocycles. The van der Waals surface area contributed by atoms with Crippen molar-refractivity contribution in [3.8, 4) is 11.5 Å². The molecule has 3 aliphatic rings. The van der Waals surface area contributed by atoms with Gasteiger partial charge in [-0.25, -0.2) is 4.79 Å². The molecule has 0 amide bonds. The molecule has 0 spiro atoms. The van der Waals surface area contributed by atoms with Crippen molar-refractivity contribution in [3.63, 3.8) is 0 Å². The number of hydrogen-bond acceptors (Lipinski definition) is 5. The van der Waals surface area contributed by atoms with E-state index in [4.69, 9.17) is 14.2 Å². The molecule has 4 rings (SSSR count). The van der Waals surface area contributed by atoms with Crippen LogP contribution in [0.1, 0.15) is 155 Å². The van der Waals surface area contributed by atoms with Gasteiger partial charge in [0.1, 0.15) is 17.1 Å². The van der Waals surface area contributed by atoms with Crippen LogP contribution in [0.4, 0.5) is 0 Å². The molecule has 2 heterocycles. The van der Waals surface area contributed by atoms with Gasteiger partial charge in [0.05, 0.1) is 5.41 Å². The maximum absolute atomic E-state index is 13.8. The molecule has 5 heteroatoms. The van der Waals surface area contributed by atoms with E-state index in [2.05, 4.69) is 41.5 Å². The number of rotatable bonds is 14. The number of fused-ring (bicyclic) bond motifs is 3. The molecule has 2 fully saturated rings. The highest BCUT2D eigenvalue weighted by molar-refractivity contribution is 5.94. The minimum absolute atomic E-state index is 0.186. The predicted octanol–water partition coefficient (Wildman–Crippen LogP) is 10.2. The highest BCUT2D eigenvalue weighted by Crippen LogP contribution is 2.66. The second-order valence-corrected chi connectivity index (χ2v) is 16.5. The summed E-state index contributed by atoms with van der Waals surface area (Å²) in [7, 11) is 0. The molecule has 0 unspecified atom stereocenters. The molecule has 1 aromatic rings. The lowest BCUT2D eigenvalue weighted by atomic mass is 9.66. The van der Waals surface area contributed by atoms with Gasteiger partial charge in [-0.3, -0.25) is 4.79 Å². The largest absolute Gasteiger partial charge is 0.487 e. The average molecular weight is 611 g/mol. The fourth-order valence-electron chi connectivity index (χ4n) is 8.29. The summed E-state index contributed by atoms with van der Waals surface area (Å²) in [5.41, 5.74) is 1.34. The Bertz CT molecular complexity index is 1230. The van der Waals surface area contributed by atoms with Crippen molar-refractivity contribution in [1.29, 1.82) is 0 Å². The van der Waals surface area contributed by atoms with Gasteiger partial charge in [0, 0.05) is 11.0 Å². The van der Waals surface area contributed by atoms with Gasteiger partial charge < -0.3 is 14.2 Å². The van der Waals surface area contributed by atoms with Crippen molar-refractivity contribution < 1.29 is 23.8 Å². The zero-order valence-corrected chi connectivity index (χ0v) is 30.0. The van der Waals surface area contributed by atoms with Gasteiger partial charge in [-0.2, -0.15) is 0 Å². The third-order valence-corrected chi connectivity index (χ3v) is 12.4. The van der Waals surface area contributed by atoms with E-state index in [1.165, 1.54) is 51.4 Å². The van der Waals surface area contributed by atoms with Crippen LogP contribution in [0.25, 0.3) is 0 Å². The van der Waals surface area contributed by atoms with Crippen molar-refractivity contribution >= 4 is 11.9 Å². The molecule has 5 atom stereocenters. The van der Waals surface area contributed by atoms with E-state index < -0.39 is 22.4 Å². The number of ether oxygens (including phenoxy) is 3. The lowest BCUT2D eigenvalue weighted by Crippen LogP contribution is -2.50. The molecule has 1 saturated carbocycles. The first-order chi connectivity index (χ1) is 20.5. The Morgan fingerprint density at radius 2 is 1.36 bits per heavy atom. The van der Waals surface area contributed by atoms with E-state index in [-0.39, 0.29) is 11.6 Å². The van der Waals surface area contributed by atoms with Crippen LogP contribution >= 0.6 is 0 Å². The Hall–Kier alpha value is -2.04. The molecule has 44 heavy (non-hydrogen) atoms. The lowest BCUT2D eigenvalue weighted by Gasteiger charge is -2.39. The molecule has 1 aromatic carbocycles. The molecule has 0 aromatic heterocycles. The van der Waals surface area contributed by atoms with Gasteiger partial charge in [-0.1, -0.05) is 86.5 Å². The summed E-state index contributed by atoms with van der Waals surface area (Å²) < 4.78 is 18.8. The van der Waals surface area contributed by atoms with Crippen molar-refractivity contribution in [2.75, 3.05) is 0 Å². The maximum atomic E-state index is 13.8. The third-order valence-electron chi connectivity index (χ3n) is 12.4. The number of carbonyl (C=O) groups excluding carboxylic acids is 2. The van der Waals surface area contributed by atoms with Gasteiger partial charge in [0.25, 0.3) is 0 Å². The Balaban J connectivity index is 1.34. The molecular formula is C39H62O5. The third kappa shape index (κ3) is 6.32. The smallest absolute Gasteiger partial charge is 0.356 e. The van der Waals surface area contributed by atoms with Crippen LogP contribution in [0.15, 0.2) is 0 Å². The van der Waals surface area contributed by atoms with E-state index in [0.29, 0.717) is 18.6 Å². The average Bonchev–Trinajstić information content (AvgIpc) is 3.24. The first kappa shape index (κ1) is 34.8. The van der Waals surface area contributed by atoms with Gasteiger partial charge in [-0.15, -0.1) is 0 Å². The molecular weight excluding hydrogens is 548 g/mol. The Morgan fingerprint density at radius 1 is 0.773 bits per heavy atom. The number of benzene rings is 1. The number of carbonyl (C=O) groups is 2. The zero-order valence-electron chi connectivity index (χ0n) is 30.0. The quantitative estimate of drug-likeness (QED) is 0.155. The monoisotopic (exact) mass is 610 g/mol. The standard InChI is InChI=1S/C39H62O5/c1-25(2)15-12-16-26(3)17-13-18-27(4)19-14-21-37(10)22-20-31-30(7)32(28(5)29(6)33(31)43-37)42-35(41)39-24-23-38(11,34(40)44-39)36(39,8)9/h25-27H,12-24H2,1-11H3/t26-,27-,37+,38+,39-/m1/s1. The Labute approximate surface area is 268 Å². The second-order valence-electron chi connectivity index (χ2n) is 16.5. The number of hydrogen-bond donors (Lipinski definition) is 0. The van der Waals surface area contributed by atoms with E-state index in [0.717, 1.165) is 65.0 Å². The van der Waals surface area contributed by atoms with Crippen LogP contribution in [0.5, 0.6) is 11.5 Å².